The summed E-state index contributed by atoms with van der Waals surface area (Å²) in [6.07, 6.45) is 2.17. The fourth-order valence-electron chi connectivity index (χ4n) is 1.32. The second kappa shape index (κ2) is 4.58. The number of hydrogen-bond donors (Lipinski definition) is 1. The minimum Gasteiger partial charge on any atom is -0.324 e. The van der Waals surface area contributed by atoms with Crippen molar-refractivity contribution < 1.29 is 4.39 Å². The fourth-order valence-corrected chi connectivity index (χ4v) is 1.60. The largest absolute Gasteiger partial charge is 0.324 e. The van der Waals surface area contributed by atoms with Gasteiger partial charge in [0, 0.05) is 16.6 Å². The summed E-state index contributed by atoms with van der Waals surface area (Å²) in [6, 6.07) is 2.89. The molecular formula is C11H13ClFN. The summed E-state index contributed by atoms with van der Waals surface area (Å²) in [5.74, 6) is -0.313. The van der Waals surface area contributed by atoms with Crippen LogP contribution in [0.3, 0.4) is 0 Å². The van der Waals surface area contributed by atoms with Crippen LogP contribution in [-0.4, -0.2) is 0 Å². The maximum Gasteiger partial charge on any atom is 0.132 e. The minimum absolute atomic E-state index is 0.313. The molecule has 1 aromatic carbocycles. The number of hydrogen-bond acceptors (Lipinski definition) is 1. The second-order valence-electron chi connectivity index (χ2n) is 3.22. The Morgan fingerprint density at radius 2 is 2.29 bits per heavy atom. The van der Waals surface area contributed by atoms with Crippen LogP contribution in [0.1, 0.15) is 23.6 Å². The van der Waals surface area contributed by atoms with Crippen LogP contribution in [0.2, 0.25) is 5.02 Å². The molecule has 1 rings (SSSR count). The molecule has 2 N–H and O–H groups in total. The van der Waals surface area contributed by atoms with Crippen LogP contribution in [0.4, 0.5) is 4.39 Å². The van der Waals surface area contributed by atoms with Gasteiger partial charge in [0.15, 0.2) is 0 Å². The van der Waals surface area contributed by atoms with Crippen molar-refractivity contribution in [2.24, 2.45) is 5.73 Å². The summed E-state index contributed by atoms with van der Waals surface area (Å²) < 4.78 is 13.6. The number of nitrogens with two attached hydrogens (primary N) is 1. The van der Waals surface area contributed by atoms with Gasteiger partial charge in [-0.1, -0.05) is 23.7 Å². The molecule has 0 saturated heterocycles. The van der Waals surface area contributed by atoms with Gasteiger partial charge >= 0.3 is 0 Å². The van der Waals surface area contributed by atoms with Gasteiger partial charge in [-0.25, -0.2) is 4.39 Å². The molecular weight excluding hydrogens is 201 g/mol. The van der Waals surface area contributed by atoms with E-state index in [-0.39, 0.29) is 5.82 Å². The number of aryl methyl sites for hydroxylation is 1. The first kappa shape index (κ1) is 11.2. The Bertz CT molecular complexity index is 349. The van der Waals surface area contributed by atoms with Crippen LogP contribution >= 0.6 is 11.6 Å². The molecule has 1 atom stereocenters. The third-order valence-electron chi connectivity index (χ3n) is 2.11. The van der Waals surface area contributed by atoms with E-state index >= 15 is 0 Å². The fraction of sp³-hybridized carbons (Fsp3) is 0.273. The van der Waals surface area contributed by atoms with Gasteiger partial charge in [-0.3, -0.25) is 0 Å². The van der Waals surface area contributed by atoms with E-state index in [0.717, 1.165) is 0 Å². The highest BCUT2D eigenvalue weighted by molar-refractivity contribution is 6.31. The highest BCUT2D eigenvalue weighted by Gasteiger charge is 2.15. The van der Waals surface area contributed by atoms with Crippen LogP contribution in [0.25, 0.3) is 0 Å². The van der Waals surface area contributed by atoms with Crippen molar-refractivity contribution in [3.05, 3.63) is 46.8 Å². The average molecular weight is 214 g/mol. The molecule has 0 spiro atoms. The van der Waals surface area contributed by atoms with Crippen LogP contribution in [0.5, 0.6) is 0 Å². The van der Waals surface area contributed by atoms with E-state index < -0.39 is 6.04 Å². The first-order chi connectivity index (χ1) is 6.57. The maximum atomic E-state index is 13.6. The summed E-state index contributed by atoms with van der Waals surface area (Å²) in [6.45, 7) is 5.25. The van der Waals surface area contributed by atoms with Gasteiger partial charge in [0.05, 0.1) is 0 Å². The molecule has 0 aliphatic heterocycles. The number of rotatable bonds is 3. The maximum absolute atomic E-state index is 13.6. The highest BCUT2D eigenvalue weighted by Crippen LogP contribution is 2.28. The van der Waals surface area contributed by atoms with Gasteiger partial charge in [-0.05, 0) is 25.0 Å². The minimum atomic E-state index is -0.417. The molecule has 0 radical (unpaired) electrons. The lowest BCUT2D eigenvalue weighted by Gasteiger charge is -2.13. The molecule has 76 valence electrons. The Morgan fingerprint density at radius 3 is 2.86 bits per heavy atom. The standard InChI is InChI=1S/C11H13ClFN/c1-3-4-9(14)10-8(12)6-5-7(2)11(10)13/h3,5-6,9H,1,4,14H2,2H3/t9-/m1/s1. The van der Waals surface area contributed by atoms with E-state index in [0.29, 0.717) is 22.6 Å². The van der Waals surface area contributed by atoms with Crippen molar-refractivity contribution in [3.8, 4) is 0 Å². The van der Waals surface area contributed by atoms with Gasteiger partial charge in [-0.2, -0.15) is 0 Å². The van der Waals surface area contributed by atoms with E-state index in [1.165, 1.54) is 0 Å². The van der Waals surface area contributed by atoms with Crippen molar-refractivity contribution in [1.29, 1.82) is 0 Å². The van der Waals surface area contributed by atoms with Gasteiger partial charge in [-0.15, -0.1) is 6.58 Å². The second-order valence-corrected chi connectivity index (χ2v) is 3.63. The van der Waals surface area contributed by atoms with Crippen molar-refractivity contribution in [3.63, 3.8) is 0 Å². The Morgan fingerprint density at radius 1 is 1.64 bits per heavy atom. The molecule has 14 heavy (non-hydrogen) atoms. The van der Waals surface area contributed by atoms with E-state index in [1.54, 1.807) is 25.1 Å². The topological polar surface area (TPSA) is 26.0 Å². The van der Waals surface area contributed by atoms with E-state index in [4.69, 9.17) is 17.3 Å². The van der Waals surface area contributed by atoms with Crippen LogP contribution in [0, 0.1) is 12.7 Å². The van der Waals surface area contributed by atoms with E-state index in [9.17, 15) is 4.39 Å². The number of benzene rings is 1. The molecule has 0 unspecified atom stereocenters. The van der Waals surface area contributed by atoms with Crippen LogP contribution in [0.15, 0.2) is 24.8 Å². The Kier molecular flexibility index (Phi) is 3.67. The molecule has 1 nitrogen and oxygen atoms in total. The van der Waals surface area contributed by atoms with Crippen molar-refractivity contribution in [2.45, 2.75) is 19.4 Å². The molecule has 0 aliphatic carbocycles. The predicted octanol–water partition coefficient (Wildman–Crippen LogP) is 3.36. The Labute approximate surface area is 88.4 Å². The molecule has 0 aliphatic rings. The van der Waals surface area contributed by atoms with Gasteiger partial charge in [0.25, 0.3) is 0 Å². The molecule has 0 bridgehead atoms. The monoisotopic (exact) mass is 213 g/mol. The Hall–Kier alpha value is -0.860. The third-order valence-corrected chi connectivity index (χ3v) is 2.44. The molecule has 3 heteroatoms. The summed E-state index contributed by atoms with van der Waals surface area (Å²) in [4.78, 5) is 0. The zero-order chi connectivity index (χ0) is 10.7. The van der Waals surface area contributed by atoms with Crippen molar-refractivity contribution in [1.82, 2.24) is 0 Å². The predicted molar refractivity (Wildman–Crippen MR) is 57.9 cm³/mol. The van der Waals surface area contributed by atoms with E-state index in [1.807, 2.05) is 0 Å². The van der Waals surface area contributed by atoms with Crippen molar-refractivity contribution in [2.75, 3.05) is 0 Å². The lowest BCUT2D eigenvalue weighted by molar-refractivity contribution is 0.576. The molecule has 1 aromatic rings. The average Bonchev–Trinajstić information content (AvgIpc) is 2.13. The van der Waals surface area contributed by atoms with Crippen LogP contribution < -0.4 is 5.73 Å². The highest BCUT2D eigenvalue weighted by atomic mass is 35.5. The SMILES string of the molecule is C=CC[C@@H](N)c1c(Cl)ccc(C)c1F. The Balaban J connectivity index is 3.17. The van der Waals surface area contributed by atoms with Crippen molar-refractivity contribution >= 4 is 11.6 Å². The molecule has 0 heterocycles. The lowest BCUT2D eigenvalue weighted by atomic mass is 10.0. The molecule has 0 fully saturated rings. The summed E-state index contributed by atoms with van der Waals surface area (Å²) in [5.41, 5.74) is 6.72. The lowest BCUT2D eigenvalue weighted by Crippen LogP contribution is -2.12. The van der Waals surface area contributed by atoms with E-state index in [2.05, 4.69) is 6.58 Å². The summed E-state index contributed by atoms with van der Waals surface area (Å²) >= 11 is 5.88. The summed E-state index contributed by atoms with van der Waals surface area (Å²) in [7, 11) is 0. The quantitative estimate of drug-likeness (QED) is 0.766. The van der Waals surface area contributed by atoms with Gasteiger partial charge in [0.1, 0.15) is 5.82 Å². The zero-order valence-corrected chi connectivity index (χ0v) is 8.81. The van der Waals surface area contributed by atoms with Gasteiger partial charge in [0.2, 0.25) is 0 Å². The third kappa shape index (κ3) is 2.14. The van der Waals surface area contributed by atoms with Gasteiger partial charge < -0.3 is 5.73 Å². The van der Waals surface area contributed by atoms with Crippen LogP contribution in [-0.2, 0) is 0 Å². The number of halogens is 2. The molecule has 0 aromatic heterocycles. The first-order valence-corrected chi connectivity index (χ1v) is 4.76. The smallest absolute Gasteiger partial charge is 0.132 e. The normalized spacial score (nSPS) is 12.6. The molecule has 0 amide bonds. The first-order valence-electron chi connectivity index (χ1n) is 4.39. The molecule has 0 saturated carbocycles. The summed E-state index contributed by atoms with van der Waals surface area (Å²) in [5, 5.41) is 0.377. The zero-order valence-electron chi connectivity index (χ0n) is 8.06.